The van der Waals surface area contributed by atoms with Crippen molar-refractivity contribution in [1.29, 1.82) is 0 Å². The first-order chi connectivity index (χ1) is 10.0. The molecule has 5 nitrogen and oxygen atoms in total. The molecular formula is C16H21N3O2. The Hall–Kier alpha value is -2.30. The van der Waals surface area contributed by atoms with Crippen molar-refractivity contribution in [1.82, 2.24) is 9.78 Å². The number of nitrogens with zero attached hydrogens (tertiary/aromatic N) is 2. The van der Waals surface area contributed by atoms with Crippen LogP contribution in [0.1, 0.15) is 43.0 Å². The topological polar surface area (TPSA) is 56.1 Å². The minimum Gasteiger partial charge on any atom is -0.492 e. The number of carbonyl (C=O) groups excluding carboxylic acids is 1. The zero-order chi connectivity index (χ0) is 15.4. The van der Waals surface area contributed by atoms with E-state index in [9.17, 15) is 4.79 Å². The maximum atomic E-state index is 12.3. The van der Waals surface area contributed by atoms with E-state index in [4.69, 9.17) is 4.74 Å². The Kier molecular flexibility index (Phi) is 4.62. The molecule has 21 heavy (non-hydrogen) atoms. The van der Waals surface area contributed by atoms with Gasteiger partial charge in [-0.25, -0.2) is 0 Å². The third kappa shape index (κ3) is 3.42. The lowest BCUT2D eigenvalue weighted by atomic mass is 10.2. The summed E-state index contributed by atoms with van der Waals surface area (Å²) in [7, 11) is 0. The number of ether oxygens (including phenoxy) is 1. The Bertz CT molecular complexity index is 632. The SMILES string of the molecule is CCOc1ccccc1NC(=O)c1cc(C)n(C(C)C)n1. The van der Waals surface area contributed by atoms with Gasteiger partial charge in [0.1, 0.15) is 5.75 Å². The molecule has 1 aromatic carbocycles. The van der Waals surface area contributed by atoms with E-state index in [-0.39, 0.29) is 11.9 Å². The molecule has 0 aliphatic carbocycles. The third-order valence-electron chi connectivity index (χ3n) is 3.08. The number of rotatable bonds is 5. The quantitative estimate of drug-likeness (QED) is 0.916. The van der Waals surface area contributed by atoms with Gasteiger partial charge in [-0.2, -0.15) is 5.10 Å². The molecular weight excluding hydrogens is 266 g/mol. The lowest BCUT2D eigenvalue weighted by molar-refractivity contribution is 0.102. The van der Waals surface area contributed by atoms with E-state index >= 15 is 0 Å². The third-order valence-corrected chi connectivity index (χ3v) is 3.08. The number of hydrogen-bond donors (Lipinski definition) is 1. The number of aromatic nitrogens is 2. The number of hydrogen-bond acceptors (Lipinski definition) is 3. The van der Waals surface area contributed by atoms with E-state index in [0.29, 0.717) is 23.7 Å². The molecule has 0 unspecified atom stereocenters. The van der Waals surface area contributed by atoms with Crippen molar-refractivity contribution in [2.45, 2.75) is 33.7 Å². The minimum atomic E-state index is -0.232. The maximum Gasteiger partial charge on any atom is 0.276 e. The van der Waals surface area contributed by atoms with Crippen LogP contribution in [-0.2, 0) is 0 Å². The van der Waals surface area contributed by atoms with E-state index in [2.05, 4.69) is 10.4 Å². The summed E-state index contributed by atoms with van der Waals surface area (Å²) in [5.74, 6) is 0.429. The van der Waals surface area contributed by atoms with Gasteiger partial charge in [-0.05, 0) is 45.9 Å². The van der Waals surface area contributed by atoms with Gasteiger partial charge in [0.2, 0.25) is 0 Å². The van der Waals surface area contributed by atoms with Gasteiger partial charge in [-0.1, -0.05) is 12.1 Å². The molecule has 5 heteroatoms. The minimum absolute atomic E-state index is 0.224. The van der Waals surface area contributed by atoms with Gasteiger partial charge in [0, 0.05) is 11.7 Å². The second-order valence-electron chi connectivity index (χ2n) is 5.09. The Morgan fingerprint density at radius 3 is 2.71 bits per heavy atom. The summed E-state index contributed by atoms with van der Waals surface area (Å²) < 4.78 is 7.34. The van der Waals surface area contributed by atoms with Crippen LogP contribution in [0.25, 0.3) is 0 Å². The van der Waals surface area contributed by atoms with Crippen LogP contribution < -0.4 is 10.1 Å². The molecule has 2 rings (SSSR count). The Morgan fingerprint density at radius 1 is 1.38 bits per heavy atom. The molecule has 0 aliphatic rings. The van der Waals surface area contributed by atoms with Crippen LogP contribution in [0.15, 0.2) is 30.3 Å². The first-order valence-electron chi connectivity index (χ1n) is 7.12. The van der Waals surface area contributed by atoms with Gasteiger partial charge in [-0.15, -0.1) is 0 Å². The predicted octanol–water partition coefficient (Wildman–Crippen LogP) is 3.42. The number of benzene rings is 1. The highest BCUT2D eigenvalue weighted by molar-refractivity contribution is 6.03. The molecule has 1 N–H and O–H groups in total. The van der Waals surface area contributed by atoms with Gasteiger partial charge in [0.05, 0.1) is 12.3 Å². The normalized spacial score (nSPS) is 10.7. The van der Waals surface area contributed by atoms with Gasteiger partial charge < -0.3 is 10.1 Å². The van der Waals surface area contributed by atoms with Crippen LogP contribution in [0.4, 0.5) is 5.69 Å². The zero-order valence-corrected chi connectivity index (χ0v) is 12.9. The standard InChI is InChI=1S/C16H21N3O2/c1-5-21-15-9-7-6-8-13(15)17-16(20)14-10-12(4)19(18-14)11(2)3/h6-11H,5H2,1-4H3,(H,17,20). The number of para-hydroxylation sites is 2. The van der Waals surface area contributed by atoms with E-state index in [1.165, 1.54) is 0 Å². The average Bonchev–Trinajstić information content (AvgIpc) is 2.83. The lowest BCUT2D eigenvalue weighted by Gasteiger charge is -2.10. The van der Waals surface area contributed by atoms with Crippen LogP contribution in [0, 0.1) is 6.92 Å². The predicted molar refractivity (Wildman–Crippen MR) is 82.9 cm³/mol. The van der Waals surface area contributed by atoms with Crippen molar-refractivity contribution >= 4 is 11.6 Å². The molecule has 112 valence electrons. The highest BCUT2D eigenvalue weighted by Crippen LogP contribution is 2.24. The number of amides is 1. The molecule has 1 heterocycles. The molecule has 0 spiro atoms. The van der Waals surface area contributed by atoms with Crippen molar-refractivity contribution in [2.24, 2.45) is 0 Å². The van der Waals surface area contributed by atoms with E-state index in [1.807, 2.05) is 56.6 Å². The van der Waals surface area contributed by atoms with Gasteiger partial charge in [0.15, 0.2) is 5.69 Å². The number of anilines is 1. The molecule has 0 saturated heterocycles. The van der Waals surface area contributed by atoms with Crippen molar-refractivity contribution in [2.75, 3.05) is 11.9 Å². The summed E-state index contributed by atoms with van der Waals surface area (Å²) in [6, 6.07) is 9.39. The van der Waals surface area contributed by atoms with Crippen LogP contribution in [0.2, 0.25) is 0 Å². The molecule has 1 aromatic heterocycles. The van der Waals surface area contributed by atoms with Crippen LogP contribution in [0.3, 0.4) is 0 Å². The van der Waals surface area contributed by atoms with Crippen LogP contribution >= 0.6 is 0 Å². The van der Waals surface area contributed by atoms with Crippen molar-refractivity contribution in [3.8, 4) is 5.75 Å². The second-order valence-corrected chi connectivity index (χ2v) is 5.09. The summed E-state index contributed by atoms with van der Waals surface area (Å²) in [6.45, 7) is 8.47. The zero-order valence-electron chi connectivity index (χ0n) is 12.9. The fourth-order valence-electron chi connectivity index (χ4n) is 2.16. The summed E-state index contributed by atoms with van der Waals surface area (Å²) in [5, 5.41) is 7.20. The summed E-state index contributed by atoms with van der Waals surface area (Å²) in [6.07, 6.45) is 0. The Morgan fingerprint density at radius 2 is 2.10 bits per heavy atom. The first kappa shape index (κ1) is 15.1. The summed E-state index contributed by atoms with van der Waals surface area (Å²) >= 11 is 0. The summed E-state index contributed by atoms with van der Waals surface area (Å²) in [4.78, 5) is 12.3. The van der Waals surface area contributed by atoms with Crippen molar-refractivity contribution in [3.05, 3.63) is 41.7 Å². The van der Waals surface area contributed by atoms with Gasteiger partial charge in [0.25, 0.3) is 5.91 Å². The van der Waals surface area contributed by atoms with E-state index in [0.717, 1.165) is 5.69 Å². The monoisotopic (exact) mass is 287 g/mol. The molecule has 0 bridgehead atoms. The summed E-state index contributed by atoms with van der Waals surface area (Å²) in [5.41, 5.74) is 2.03. The van der Waals surface area contributed by atoms with Crippen LogP contribution in [-0.4, -0.2) is 22.3 Å². The number of carbonyl (C=O) groups is 1. The van der Waals surface area contributed by atoms with Gasteiger partial charge in [-0.3, -0.25) is 9.48 Å². The molecule has 0 saturated carbocycles. The molecule has 0 radical (unpaired) electrons. The maximum absolute atomic E-state index is 12.3. The fourth-order valence-corrected chi connectivity index (χ4v) is 2.16. The molecule has 0 fully saturated rings. The van der Waals surface area contributed by atoms with E-state index < -0.39 is 0 Å². The Labute approximate surface area is 124 Å². The van der Waals surface area contributed by atoms with Crippen molar-refractivity contribution < 1.29 is 9.53 Å². The number of nitrogens with one attached hydrogen (secondary N) is 1. The molecule has 0 aliphatic heterocycles. The van der Waals surface area contributed by atoms with E-state index in [1.54, 1.807) is 6.07 Å². The fraction of sp³-hybridized carbons (Fsp3) is 0.375. The molecule has 1 amide bonds. The largest absolute Gasteiger partial charge is 0.492 e. The highest BCUT2D eigenvalue weighted by atomic mass is 16.5. The van der Waals surface area contributed by atoms with Gasteiger partial charge >= 0.3 is 0 Å². The smallest absolute Gasteiger partial charge is 0.276 e. The first-order valence-corrected chi connectivity index (χ1v) is 7.12. The molecule has 2 aromatic rings. The lowest BCUT2D eigenvalue weighted by Crippen LogP contribution is -2.14. The average molecular weight is 287 g/mol. The Balaban J connectivity index is 2.20. The molecule has 0 atom stereocenters. The highest BCUT2D eigenvalue weighted by Gasteiger charge is 2.15. The second kappa shape index (κ2) is 6.43. The number of aryl methyl sites for hydroxylation is 1. The van der Waals surface area contributed by atoms with Crippen molar-refractivity contribution in [3.63, 3.8) is 0 Å². The van der Waals surface area contributed by atoms with Crippen LogP contribution in [0.5, 0.6) is 5.75 Å².